The van der Waals surface area contributed by atoms with E-state index in [9.17, 15) is 0 Å². The fraction of sp³-hybridized carbons (Fsp3) is 0.538. The van der Waals surface area contributed by atoms with Crippen LogP contribution in [0.3, 0.4) is 0 Å². The van der Waals surface area contributed by atoms with Crippen molar-refractivity contribution in [1.29, 1.82) is 0 Å². The standard InChI is InChI=1S/C13H18N4S/c1-3-14-9-5-4-6-11-12(9)16-13(18-11)10-7-8-15-17(10)2/h7-9,14H,3-6H2,1-2H3. The van der Waals surface area contributed by atoms with E-state index in [1.54, 1.807) is 0 Å². The van der Waals surface area contributed by atoms with E-state index in [1.165, 1.54) is 29.8 Å². The van der Waals surface area contributed by atoms with Gasteiger partial charge in [0.05, 0.1) is 17.4 Å². The molecule has 0 fully saturated rings. The number of rotatable bonds is 3. The Bertz CT molecular complexity index is 543. The third-order valence-corrected chi connectivity index (χ3v) is 4.60. The maximum Gasteiger partial charge on any atom is 0.142 e. The van der Waals surface area contributed by atoms with E-state index >= 15 is 0 Å². The van der Waals surface area contributed by atoms with Crippen LogP contribution in [0.5, 0.6) is 0 Å². The minimum Gasteiger partial charge on any atom is -0.309 e. The molecule has 0 saturated carbocycles. The Morgan fingerprint density at radius 3 is 3.17 bits per heavy atom. The summed E-state index contributed by atoms with van der Waals surface area (Å²) < 4.78 is 1.90. The van der Waals surface area contributed by atoms with E-state index < -0.39 is 0 Å². The maximum atomic E-state index is 4.85. The van der Waals surface area contributed by atoms with Gasteiger partial charge >= 0.3 is 0 Å². The van der Waals surface area contributed by atoms with Gasteiger partial charge in [-0.05, 0) is 31.9 Å². The number of thiazole rings is 1. The van der Waals surface area contributed by atoms with Crippen LogP contribution in [0.2, 0.25) is 0 Å². The van der Waals surface area contributed by atoms with Gasteiger partial charge in [0.25, 0.3) is 0 Å². The quantitative estimate of drug-likeness (QED) is 0.924. The number of hydrogen-bond donors (Lipinski definition) is 1. The van der Waals surface area contributed by atoms with Crippen LogP contribution in [0.4, 0.5) is 0 Å². The lowest BCUT2D eigenvalue weighted by atomic mass is 9.98. The van der Waals surface area contributed by atoms with Gasteiger partial charge in [-0.1, -0.05) is 6.92 Å². The molecule has 1 unspecified atom stereocenters. The molecule has 0 aliphatic heterocycles. The first-order valence-corrected chi connectivity index (χ1v) is 7.32. The number of hydrogen-bond acceptors (Lipinski definition) is 4. The lowest BCUT2D eigenvalue weighted by Crippen LogP contribution is -2.24. The Balaban J connectivity index is 1.98. The second-order valence-corrected chi connectivity index (χ2v) is 5.75. The van der Waals surface area contributed by atoms with Gasteiger partial charge in [0.1, 0.15) is 5.01 Å². The minimum absolute atomic E-state index is 0.442. The summed E-state index contributed by atoms with van der Waals surface area (Å²) in [5.74, 6) is 0. The molecule has 4 nitrogen and oxygen atoms in total. The van der Waals surface area contributed by atoms with E-state index in [2.05, 4.69) is 17.3 Å². The zero-order chi connectivity index (χ0) is 12.5. The summed E-state index contributed by atoms with van der Waals surface area (Å²) in [7, 11) is 1.97. The van der Waals surface area contributed by atoms with Crippen molar-refractivity contribution in [2.75, 3.05) is 6.54 Å². The third-order valence-electron chi connectivity index (χ3n) is 3.44. The van der Waals surface area contributed by atoms with Crippen LogP contribution < -0.4 is 5.32 Å². The summed E-state index contributed by atoms with van der Waals surface area (Å²) in [6.45, 7) is 3.16. The van der Waals surface area contributed by atoms with Crippen molar-refractivity contribution in [3.63, 3.8) is 0 Å². The molecule has 3 rings (SSSR count). The van der Waals surface area contributed by atoms with Crippen LogP contribution in [0.15, 0.2) is 12.3 Å². The molecule has 0 spiro atoms. The number of fused-ring (bicyclic) bond motifs is 1. The molecule has 2 aromatic heterocycles. The summed E-state index contributed by atoms with van der Waals surface area (Å²) >= 11 is 1.82. The molecule has 0 saturated heterocycles. The van der Waals surface area contributed by atoms with Crippen LogP contribution in [0.1, 0.15) is 36.4 Å². The van der Waals surface area contributed by atoms with Crippen LogP contribution in [-0.4, -0.2) is 21.3 Å². The van der Waals surface area contributed by atoms with Gasteiger partial charge in [-0.3, -0.25) is 4.68 Å². The molecule has 0 amide bonds. The van der Waals surface area contributed by atoms with Crippen LogP contribution in [-0.2, 0) is 13.5 Å². The van der Waals surface area contributed by atoms with Crippen molar-refractivity contribution in [2.45, 2.75) is 32.2 Å². The number of nitrogens with zero attached hydrogens (tertiary/aromatic N) is 3. The molecule has 0 bridgehead atoms. The molecule has 0 radical (unpaired) electrons. The summed E-state index contributed by atoms with van der Waals surface area (Å²) in [5, 5.41) is 8.86. The van der Waals surface area contributed by atoms with Crippen molar-refractivity contribution >= 4 is 11.3 Å². The highest BCUT2D eigenvalue weighted by Crippen LogP contribution is 2.36. The number of aryl methyl sites for hydroxylation is 2. The summed E-state index contributed by atoms with van der Waals surface area (Å²) in [6.07, 6.45) is 5.47. The van der Waals surface area contributed by atoms with Gasteiger partial charge in [0.2, 0.25) is 0 Å². The van der Waals surface area contributed by atoms with Crippen molar-refractivity contribution in [3.8, 4) is 10.7 Å². The lowest BCUT2D eigenvalue weighted by molar-refractivity contribution is 0.465. The summed E-state index contributed by atoms with van der Waals surface area (Å²) in [5.41, 5.74) is 2.38. The Morgan fingerprint density at radius 2 is 2.44 bits per heavy atom. The normalized spacial score (nSPS) is 18.9. The second kappa shape index (κ2) is 4.82. The fourth-order valence-corrected chi connectivity index (χ4v) is 3.78. The van der Waals surface area contributed by atoms with Gasteiger partial charge in [-0.25, -0.2) is 4.98 Å². The number of nitrogens with one attached hydrogen (secondary N) is 1. The van der Waals surface area contributed by atoms with Gasteiger partial charge in [-0.15, -0.1) is 11.3 Å². The van der Waals surface area contributed by atoms with Crippen LogP contribution >= 0.6 is 11.3 Å². The Labute approximate surface area is 111 Å². The SMILES string of the molecule is CCNC1CCCc2sc(-c3ccnn3C)nc21. The first-order chi connectivity index (χ1) is 8.79. The first kappa shape index (κ1) is 11.9. The Morgan fingerprint density at radius 1 is 1.56 bits per heavy atom. The average molecular weight is 262 g/mol. The first-order valence-electron chi connectivity index (χ1n) is 6.51. The van der Waals surface area contributed by atoms with E-state index in [0.29, 0.717) is 6.04 Å². The predicted molar refractivity (Wildman–Crippen MR) is 73.7 cm³/mol. The molecule has 96 valence electrons. The Kier molecular flexibility index (Phi) is 3.18. The lowest BCUT2D eigenvalue weighted by Gasteiger charge is -2.21. The van der Waals surface area contributed by atoms with E-state index in [4.69, 9.17) is 4.98 Å². The van der Waals surface area contributed by atoms with Gasteiger partial charge in [0.15, 0.2) is 0 Å². The molecule has 2 heterocycles. The molecule has 1 aliphatic carbocycles. The smallest absolute Gasteiger partial charge is 0.142 e. The second-order valence-electron chi connectivity index (χ2n) is 4.67. The molecule has 5 heteroatoms. The van der Waals surface area contributed by atoms with E-state index in [-0.39, 0.29) is 0 Å². The predicted octanol–water partition coefficient (Wildman–Crippen LogP) is 2.53. The molecular weight excluding hydrogens is 244 g/mol. The highest BCUT2D eigenvalue weighted by Gasteiger charge is 2.24. The molecule has 1 N–H and O–H groups in total. The highest BCUT2D eigenvalue weighted by molar-refractivity contribution is 7.15. The molecule has 2 aromatic rings. The van der Waals surface area contributed by atoms with Crippen molar-refractivity contribution in [1.82, 2.24) is 20.1 Å². The molecular formula is C13H18N4S. The minimum atomic E-state index is 0.442. The van der Waals surface area contributed by atoms with Crippen LogP contribution in [0, 0.1) is 0 Å². The summed E-state index contributed by atoms with van der Waals surface area (Å²) in [4.78, 5) is 6.30. The summed E-state index contributed by atoms with van der Waals surface area (Å²) in [6, 6.07) is 2.48. The topological polar surface area (TPSA) is 42.7 Å². The molecule has 1 atom stereocenters. The molecule has 18 heavy (non-hydrogen) atoms. The average Bonchev–Trinajstić information content (AvgIpc) is 2.95. The zero-order valence-corrected chi connectivity index (χ0v) is 11.6. The van der Waals surface area contributed by atoms with Crippen molar-refractivity contribution in [2.24, 2.45) is 7.05 Å². The third kappa shape index (κ3) is 1.97. The molecule has 0 aromatic carbocycles. The van der Waals surface area contributed by atoms with E-state index in [0.717, 1.165) is 17.2 Å². The fourth-order valence-electron chi connectivity index (χ4n) is 2.56. The van der Waals surface area contributed by atoms with Crippen LogP contribution in [0.25, 0.3) is 10.7 Å². The van der Waals surface area contributed by atoms with Gasteiger partial charge in [0, 0.05) is 18.1 Å². The monoisotopic (exact) mass is 262 g/mol. The van der Waals surface area contributed by atoms with Crippen molar-refractivity contribution in [3.05, 3.63) is 22.8 Å². The number of aromatic nitrogens is 3. The molecule has 1 aliphatic rings. The highest BCUT2D eigenvalue weighted by atomic mass is 32.1. The maximum absolute atomic E-state index is 4.85. The van der Waals surface area contributed by atoms with Gasteiger partial charge < -0.3 is 5.32 Å². The Hall–Kier alpha value is -1.20. The zero-order valence-electron chi connectivity index (χ0n) is 10.8. The largest absolute Gasteiger partial charge is 0.309 e. The van der Waals surface area contributed by atoms with E-state index in [1.807, 2.05) is 35.3 Å². The van der Waals surface area contributed by atoms with Gasteiger partial charge in [-0.2, -0.15) is 5.10 Å². The van der Waals surface area contributed by atoms with Crippen molar-refractivity contribution < 1.29 is 0 Å².